The van der Waals surface area contributed by atoms with Gasteiger partial charge in [0.1, 0.15) is 5.76 Å². The van der Waals surface area contributed by atoms with Crippen molar-refractivity contribution in [2.24, 2.45) is 0 Å². The van der Waals surface area contributed by atoms with E-state index in [-0.39, 0.29) is 24.3 Å². The first-order chi connectivity index (χ1) is 12.4. The normalized spacial score (nSPS) is 15.1. The molecule has 1 N–H and O–H groups in total. The monoisotopic (exact) mass is 355 g/mol. The summed E-state index contributed by atoms with van der Waals surface area (Å²) >= 11 is 0. The molecule has 3 rings (SSSR count). The van der Waals surface area contributed by atoms with Crippen molar-refractivity contribution in [2.45, 2.75) is 46.1 Å². The summed E-state index contributed by atoms with van der Waals surface area (Å²) in [6.45, 7) is 6.98. The van der Waals surface area contributed by atoms with E-state index in [0.717, 1.165) is 35.2 Å². The molecule has 1 aliphatic heterocycles. The Labute approximate surface area is 153 Å². The number of amides is 2. The van der Waals surface area contributed by atoms with Gasteiger partial charge >= 0.3 is 0 Å². The first kappa shape index (κ1) is 18.2. The van der Waals surface area contributed by atoms with Crippen LogP contribution in [0.1, 0.15) is 45.8 Å². The molecule has 0 unspecified atom stereocenters. The molecule has 0 spiro atoms. The fraction of sp³-hybridized carbons (Fsp3) is 0.450. The van der Waals surface area contributed by atoms with Gasteiger partial charge in [-0.05, 0) is 45.7 Å². The van der Waals surface area contributed by atoms with Gasteiger partial charge in [0.25, 0.3) is 5.91 Å². The maximum Gasteiger partial charge on any atom is 0.253 e. The number of hydrogen-bond donors (Lipinski definition) is 1. The van der Waals surface area contributed by atoms with Gasteiger partial charge < -0.3 is 14.7 Å². The minimum atomic E-state index is -0.0253. The molecule has 2 amide bonds. The standard InChI is InChI=1S/C20H25N3O3/c1-13-4-6-16(7-5-13)20(25)23-10-8-17(9-11-23)21-19(24)12-18-14(2)22-26-15(18)3/h4-7,17H,8-12H2,1-3H3,(H,21,24). The molecule has 0 aliphatic carbocycles. The Morgan fingerprint density at radius 2 is 1.81 bits per heavy atom. The Morgan fingerprint density at radius 1 is 1.15 bits per heavy atom. The molecule has 6 nitrogen and oxygen atoms in total. The molecule has 26 heavy (non-hydrogen) atoms. The minimum absolute atomic E-state index is 0.0253. The van der Waals surface area contributed by atoms with Crippen LogP contribution < -0.4 is 5.32 Å². The second-order valence-corrected chi connectivity index (χ2v) is 6.98. The lowest BCUT2D eigenvalue weighted by atomic mass is 10.0. The number of aryl methyl sites for hydroxylation is 3. The van der Waals surface area contributed by atoms with Gasteiger partial charge in [-0.15, -0.1) is 0 Å². The SMILES string of the molecule is Cc1ccc(C(=O)N2CCC(NC(=O)Cc3c(C)noc3C)CC2)cc1. The van der Waals surface area contributed by atoms with Gasteiger partial charge in [0.15, 0.2) is 0 Å². The van der Waals surface area contributed by atoms with Crippen molar-refractivity contribution in [1.82, 2.24) is 15.4 Å². The van der Waals surface area contributed by atoms with Crippen LogP contribution in [0.3, 0.4) is 0 Å². The quantitative estimate of drug-likeness (QED) is 0.915. The van der Waals surface area contributed by atoms with Crippen LogP contribution in [0.5, 0.6) is 0 Å². The molecule has 0 saturated carbocycles. The van der Waals surface area contributed by atoms with E-state index in [2.05, 4.69) is 10.5 Å². The molecule has 6 heteroatoms. The number of benzene rings is 1. The summed E-state index contributed by atoms with van der Waals surface area (Å²) in [5.74, 6) is 0.726. The molecule has 0 atom stereocenters. The van der Waals surface area contributed by atoms with Crippen LogP contribution in [0, 0.1) is 20.8 Å². The molecule has 1 aliphatic rings. The van der Waals surface area contributed by atoms with Crippen molar-refractivity contribution in [1.29, 1.82) is 0 Å². The van der Waals surface area contributed by atoms with E-state index in [9.17, 15) is 9.59 Å². The average molecular weight is 355 g/mol. The first-order valence-electron chi connectivity index (χ1n) is 9.01. The van der Waals surface area contributed by atoms with E-state index in [0.29, 0.717) is 18.8 Å². The van der Waals surface area contributed by atoms with E-state index >= 15 is 0 Å². The van der Waals surface area contributed by atoms with Crippen LogP contribution in [0.2, 0.25) is 0 Å². The number of carbonyl (C=O) groups excluding carboxylic acids is 2. The van der Waals surface area contributed by atoms with Crippen LogP contribution in [0.25, 0.3) is 0 Å². The summed E-state index contributed by atoms with van der Waals surface area (Å²) in [5.41, 5.74) is 3.48. The summed E-state index contributed by atoms with van der Waals surface area (Å²) < 4.78 is 5.10. The number of likely N-dealkylation sites (tertiary alicyclic amines) is 1. The Balaban J connectivity index is 1.50. The second kappa shape index (κ2) is 7.72. The number of nitrogens with zero attached hydrogens (tertiary/aromatic N) is 2. The molecule has 2 aromatic rings. The molecule has 1 saturated heterocycles. The Morgan fingerprint density at radius 3 is 2.38 bits per heavy atom. The highest BCUT2D eigenvalue weighted by Crippen LogP contribution is 2.16. The van der Waals surface area contributed by atoms with Crippen molar-refractivity contribution in [3.05, 3.63) is 52.4 Å². The number of piperidine rings is 1. The van der Waals surface area contributed by atoms with Gasteiger partial charge in [-0.1, -0.05) is 22.9 Å². The Bertz CT molecular complexity index is 768. The van der Waals surface area contributed by atoms with Crippen LogP contribution in [0.4, 0.5) is 0 Å². The van der Waals surface area contributed by atoms with Gasteiger partial charge in [-0.25, -0.2) is 0 Å². The predicted molar refractivity (Wildman–Crippen MR) is 97.9 cm³/mol. The van der Waals surface area contributed by atoms with Gasteiger partial charge in [0.05, 0.1) is 12.1 Å². The zero-order valence-corrected chi connectivity index (χ0v) is 15.5. The fourth-order valence-electron chi connectivity index (χ4n) is 3.30. The molecule has 0 radical (unpaired) electrons. The van der Waals surface area contributed by atoms with E-state index in [1.54, 1.807) is 0 Å². The third kappa shape index (κ3) is 4.12. The number of carbonyl (C=O) groups is 2. The summed E-state index contributed by atoms with van der Waals surface area (Å²) in [7, 11) is 0. The molecule has 2 heterocycles. The van der Waals surface area contributed by atoms with Crippen LogP contribution in [0.15, 0.2) is 28.8 Å². The minimum Gasteiger partial charge on any atom is -0.361 e. The highest BCUT2D eigenvalue weighted by Gasteiger charge is 2.25. The number of nitrogens with one attached hydrogen (secondary N) is 1. The molecular weight excluding hydrogens is 330 g/mol. The Hall–Kier alpha value is -2.63. The predicted octanol–water partition coefficient (Wildman–Crippen LogP) is 2.56. The van der Waals surface area contributed by atoms with Crippen molar-refractivity contribution < 1.29 is 14.1 Å². The molecular formula is C20H25N3O3. The molecule has 138 valence electrons. The van der Waals surface area contributed by atoms with Crippen molar-refractivity contribution in [3.63, 3.8) is 0 Å². The highest BCUT2D eigenvalue weighted by molar-refractivity contribution is 5.94. The van der Waals surface area contributed by atoms with E-state index in [1.807, 2.05) is 49.9 Å². The first-order valence-corrected chi connectivity index (χ1v) is 9.01. The van der Waals surface area contributed by atoms with Crippen molar-refractivity contribution >= 4 is 11.8 Å². The van der Waals surface area contributed by atoms with Gasteiger partial charge in [-0.3, -0.25) is 9.59 Å². The number of rotatable bonds is 4. The zero-order valence-electron chi connectivity index (χ0n) is 15.5. The molecule has 0 bridgehead atoms. The lowest BCUT2D eigenvalue weighted by Crippen LogP contribution is -2.46. The molecule has 1 aromatic heterocycles. The topological polar surface area (TPSA) is 75.4 Å². The molecule has 1 aromatic carbocycles. The van der Waals surface area contributed by atoms with Gasteiger partial charge in [0.2, 0.25) is 5.91 Å². The Kier molecular flexibility index (Phi) is 5.40. The third-order valence-corrected chi connectivity index (χ3v) is 4.96. The highest BCUT2D eigenvalue weighted by atomic mass is 16.5. The van der Waals surface area contributed by atoms with Crippen molar-refractivity contribution in [3.8, 4) is 0 Å². The summed E-state index contributed by atoms with van der Waals surface area (Å²) in [4.78, 5) is 26.7. The summed E-state index contributed by atoms with van der Waals surface area (Å²) in [6.07, 6.45) is 1.82. The van der Waals surface area contributed by atoms with E-state index < -0.39 is 0 Å². The molecule has 1 fully saturated rings. The van der Waals surface area contributed by atoms with Gasteiger partial charge in [0, 0.05) is 30.3 Å². The zero-order chi connectivity index (χ0) is 18.7. The smallest absolute Gasteiger partial charge is 0.253 e. The number of aromatic nitrogens is 1. The largest absolute Gasteiger partial charge is 0.361 e. The van der Waals surface area contributed by atoms with Crippen LogP contribution in [-0.2, 0) is 11.2 Å². The average Bonchev–Trinajstić information content (AvgIpc) is 2.94. The van der Waals surface area contributed by atoms with E-state index in [1.165, 1.54) is 0 Å². The summed E-state index contributed by atoms with van der Waals surface area (Å²) in [6, 6.07) is 7.75. The van der Waals surface area contributed by atoms with E-state index in [4.69, 9.17) is 4.52 Å². The fourth-order valence-corrected chi connectivity index (χ4v) is 3.30. The van der Waals surface area contributed by atoms with Crippen LogP contribution in [-0.4, -0.2) is 41.0 Å². The maximum atomic E-state index is 12.5. The van der Waals surface area contributed by atoms with Crippen molar-refractivity contribution in [2.75, 3.05) is 13.1 Å². The lowest BCUT2D eigenvalue weighted by molar-refractivity contribution is -0.121. The lowest BCUT2D eigenvalue weighted by Gasteiger charge is -2.32. The number of hydrogen-bond acceptors (Lipinski definition) is 4. The van der Waals surface area contributed by atoms with Gasteiger partial charge in [-0.2, -0.15) is 0 Å². The second-order valence-electron chi connectivity index (χ2n) is 6.98. The third-order valence-electron chi connectivity index (χ3n) is 4.96. The van der Waals surface area contributed by atoms with Crippen LogP contribution >= 0.6 is 0 Å². The maximum absolute atomic E-state index is 12.5. The summed E-state index contributed by atoms with van der Waals surface area (Å²) in [5, 5.41) is 6.95.